The zero-order valence-electron chi connectivity index (χ0n) is 19.8. The molecule has 2 N–H and O–H groups in total. The van der Waals surface area contributed by atoms with E-state index in [1.165, 1.54) is 0 Å². The van der Waals surface area contributed by atoms with E-state index in [1.54, 1.807) is 0 Å². The van der Waals surface area contributed by atoms with Crippen molar-refractivity contribution in [3.05, 3.63) is 65.2 Å². The number of benzene rings is 2. The van der Waals surface area contributed by atoms with Crippen molar-refractivity contribution >= 4 is 11.8 Å². The Bertz CT molecular complexity index is 902. The quantitative estimate of drug-likeness (QED) is 0.705. The van der Waals surface area contributed by atoms with Crippen molar-refractivity contribution in [1.82, 2.24) is 20.4 Å². The molecule has 0 spiro atoms. The molecule has 2 aromatic rings. The SMILES string of the molecule is CN(C)CCNC(=O)c1cccc2c1CN(Cc1ccccc1)CC(=O)NCCCCCO2. The highest BCUT2D eigenvalue weighted by Crippen LogP contribution is 2.26. The molecule has 0 aromatic heterocycles. The molecule has 0 unspecified atom stereocenters. The minimum atomic E-state index is -0.120. The van der Waals surface area contributed by atoms with E-state index in [0.717, 1.165) is 36.9 Å². The number of likely N-dealkylation sites (N-methyl/N-ethyl adjacent to an activating group) is 1. The molecule has 2 amide bonds. The van der Waals surface area contributed by atoms with Gasteiger partial charge in [-0.3, -0.25) is 14.5 Å². The Morgan fingerprint density at radius 1 is 1.06 bits per heavy atom. The maximum absolute atomic E-state index is 13.1. The van der Waals surface area contributed by atoms with Crippen LogP contribution in [0.5, 0.6) is 5.75 Å². The van der Waals surface area contributed by atoms with Gasteiger partial charge in [-0.25, -0.2) is 0 Å². The molecule has 7 heteroatoms. The molecule has 7 nitrogen and oxygen atoms in total. The topological polar surface area (TPSA) is 73.9 Å². The molecule has 0 bridgehead atoms. The molecule has 1 aliphatic rings. The highest BCUT2D eigenvalue weighted by Gasteiger charge is 2.21. The normalized spacial score (nSPS) is 15.9. The summed E-state index contributed by atoms with van der Waals surface area (Å²) < 4.78 is 6.14. The number of carbonyl (C=O) groups is 2. The van der Waals surface area contributed by atoms with Crippen LogP contribution in [0.2, 0.25) is 0 Å². The van der Waals surface area contributed by atoms with Gasteiger partial charge in [-0.2, -0.15) is 0 Å². The molecule has 0 radical (unpaired) electrons. The molecule has 1 aliphatic heterocycles. The van der Waals surface area contributed by atoms with Gasteiger partial charge in [0.15, 0.2) is 0 Å². The molecule has 0 aliphatic carbocycles. The molecule has 0 atom stereocenters. The minimum absolute atomic E-state index is 0.000520. The van der Waals surface area contributed by atoms with Gasteiger partial charge in [0.1, 0.15) is 5.75 Å². The van der Waals surface area contributed by atoms with E-state index in [-0.39, 0.29) is 18.4 Å². The second-order valence-electron chi connectivity index (χ2n) is 8.73. The molecule has 1 heterocycles. The van der Waals surface area contributed by atoms with E-state index in [1.807, 2.05) is 55.4 Å². The Kier molecular flexibility index (Phi) is 9.72. The average molecular weight is 453 g/mol. The first-order valence-corrected chi connectivity index (χ1v) is 11.7. The fourth-order valence-corrected chi connectivity index (χ4v) is 3.87. The van der Waals surface area contributed by atoms with Crippen LogP contribution >= 0.6 is 0 Å². The van der Waals surface area contributed by atoms with Crippen LogP contribution in [0.25, 0.3) is 0 Å². The Labute approximate surface area is 197 Å². The highest BCUT2D eigenvalue weighted by molar-refractivity contribution is 5.96. The lowest BCUT2D eigenvalue weighted by molar-refractivity contribution is -0.122. The fraction of sp³-hybridized carbons (Fsp3) is 0.462. The van der Waals surface area contributed by atoms with Gasteiger partial charge in [-0.1, -0.05) is 36.4 Å². The van der Waals surface area contributed by atoms with Crippen molar-refractivity contribution in [2.45, 2.75) is 32.4 Å². The van der Waals surface area contributed by atoms with Crippen LogP contribution < -0.4 is 15.4 Å². The van der Waals surface area contributed by atoms with E-state index in [9.17, 15) is 9.59 Å². The number of ether oxygens (including phenoxy) is 1. The summed E-state index contributed by atoms with van der Waals surface area (Å²) >= 11 is 0. The lowest BCUT2D eigenvalue weighted by atomic mass is 10.0. The molecular formula is C26H36N4O3. The Morgan fingerprint density at radius 2 is 1.88 bits per heavy atom. The number of carbonyl (C=O) groups excluding carboxylic acids is 2. The first-order chi connectivity index (χ1) is 16.0. The largest absolute Gasteiger partial charge is 0.493 e. The van der Waals surface area contributed by atoms with Crippen molar-refractivity contribution in [3.63, 3.8) is 0 Å². The molecule has 0 fully saturated rings. The van der Waals surface area contributed by atoms with Crippen LogP contribution in [0, 0.1) is 0 Å². The summed E-state index contributed by atoms with van der Waals surface area (Å²) in [6.07, 6.45) is 2.81. The summed E-state index contributed by atoms with van der Waals surface area (Å²) in [7, 11) is 3.95. The van der Waals surface area contributed by atoms with Gasteiger partial charge in [0.05, 0.1) is 13.2 Å². The predicted molar refractivity (Wildman–Crippen MR) is 130 cm³/mol. The lowest BCUT2D eigenvalue weighted by Gasteiger charge is -2.25. The van der Waals surface area contributed by atoms with Crippen molar-refractivity contribution in [2.75, 3.05) is 46.9 Å². The van der Waals surface area contributed by atoms with E-state index >= 15 is 0 Å². The lowest BCUT2D eigenvalue weighted by Crippen LogP contribution is -2.37. The number of hydrogen-bond donors (Lipinski definition) is 2. The van der Waals surface area contributed by atoms with Crippen molar-refractivity contribution < 1.29 is 14.3 Å². The highest BCUT2D eigenvalue weighted by atomic mass is 16.5. The third-order valence-electron chi connectivity index (χ3n) is 5.62. The van der Waals surface area contributed by atoms with E-state index < -0.39 is 0 Å². The molecule has 178 valence electrons. The van der Waals surface area contributed by atoms with Crippen LogP contribution in [-0.4, -0.2) is 68.5 Å². The first kappa shape index (κ1) is 24.7. The van der Waals surface area contributed by atoms with Crippen molar-refractivity contribution in [2.24, 2.45) is 0 Å². The average Bonchev–Trinajstić information content (AvgIpc) is 2.80. The summed E-state index contributed by atoms with van der Waals surface area (Å²) in [5.41, 5.74) is 2.53. The second kappa shape index (κ2) is 13.0. The number of amides is 2. The molecule has 33 heavy (non-hydrogen) atoms. The number of nitrogens with one attached hydrogen (secondary N) is 2. The van der Waals surface area contributed by atoms with Gasteiger partial charge in [-0.15, -0.1) is 0 Å². The van der Waals surface area contributed by atoms with Gasteiger partial charge in [0.25, 0.3) is 5.91 Å². The third-order valence-corrected chi connectivity index (χ3v) is 5.62. The van der Waals surface area contributed by atoms with Crippen molar-refractivity contribution in [3.8, 4) is 5.75 Å². The maximum atomic E-state index is 13.1. The Hall–Kier alpha value is -2.90. The van der Waals surface area contributed by atoms with Crippen LogP contribution in [-0.2, 0) is 17.9 Å². The smallest absolute Gasteiger partial charge is 0.251 e. The van der Waals surface area contributed by atoms with Crippen LogP contribution in [0.3, 0.4) is 0 Å². The zero-order chi connectivity index (χ0) is 23.5. The maximum Gasteiger partial charge on any atom is 0.251 e. The fourth-order valence-electron chi connectivity index (χ4n) is 3.87. The van der Waals surface area contributed by atoms with E-state index in [4.69, 9.17) is 4.74 Å². The standard InChI is InChI=1S/C26H36N4O3/c1-29(2)16-15-28-26(32)22-12-9-13-24-23(22)19-30(18-21-10-5-3-6-11-21)20-25(31)27-14-7-4-8-17-33-24/h3,5-6,9-13H,4,7-8,14-20H2,1-2H3,(H,27,31)(H,28,32). The van der Waals surface area contributed by atoms with Crippen LogP contribution in [0.4, 0.5) is 0 Å². The summed E-state index contributed by atoms with van der Waals surface area (Å²) in [5.74, 6) is 0.597. The number of hydrogen-bond acceptors (Lipinski definition) is 5. The molecule has 0 saturated heterocycles. The van der Waals surface area contributed by atoms with Gasteiger partial charge >= 0.3 is 0 Å². The zero-order valence-corrected chi connectivity index (χ0v) is 19.8. The number of nitrogens with zero attached hydrogens (tertiary/aromatic N) is 2. The number of fused-ring (bicyclic) bond motifs is 1. The van der Waals surface area contributed by atoms with Crippen LogP contribution in [0.1, 0.15) is 40.7 Å². The molecule has 3 rings (SSSR count). The summed E-state index contributed by atoms with van der Waals surface area (Å²) in [4.78, 5) is 29.8. The summed E-state index contributed by atoms with van der Waals surface area (Å²) in [6.45, 7) is 3.88. The molecular weight excluding hydrogens is 416 g/mol. The molecule has 0 saturated carbocycles. The van der Waals surface area contributed by atoms with Gasteiger partial charge in [0.2, 0.25) is 5.91 Å². The van der Waals surface area contributed by atoms with E-state index in [2.05, 4.69) is 27.7 Å². The Morgan fingerprint density at radius 3 is 2.67 bits per heavy atom. The predicted octanol–water partition coefficient (Wildman–Crippen LogP) is 2.66. The second-order valence-corrected chi connectivity index (χ2v) is 8.73. The Balaban J connectivity index is 1.89. The first-order valence-electron chi connectivity index (χ1n) is 11.7. The molecule has 2 aromatic carbocycles. The third kappa shape index (κ3) is 8.18. The summed E-state index contributed by atoms with van der Waals surface area (Å²) in [5, 5.41) is 6.05. The van der Waals surface area contributed by atoms with E-state index in [0.29, 0.717) is 44.1 Å². The monoisotopic (exact) mass is 452 g/mol. The van der Waals surface area contributed by atoms with Crippen LogP contribution in [0.15, 0.2) is 48.5 Å². The number of rotatable bonds is 6. The van der Waals surface area contributed by atoms with Crippen molar-refractivity contribution in [1.29, 1.82) is 0 Å². The van der Waals surface area contributed by atoms with Gasteiger partial charge < -0.3 is 20.3 Å². The van der Waals surface area contributed by atoms with Gasteiger partial charge in [0, 0.05) is 43.9 Å². The summed E-state index contributed by atoms with van der Waals surface area (Å²) in [6, 6.07) is 15.7. The minimum Gasteiger partial charge on any atom is -0.493 e. The van der Waals surface area contributed by atoms with Gasteiger partial charge in [-0.05, 0) is 51.1 Å².